The molecule has 0 saturated heterocycles. The maximum atomic E-state index is 6.26. The minimum absolute atomic E-state index is 0.285. The summed E-state index contributed by atoms with van der Waals surface area (Å²) < 4.78 is 0. The third-order valence-corrected chi connectivity index (χ3v) is 5.27. The predicted molar refractivity (Wildman–Crippen MR) is 82.4 cm³/mol. The molecule has 0 aromatic heterocycles. The van der Waals surface area contributed by atoms with Crippen LogP contribution < -0.4 is 11.3 Å². The van der Waals surface area contributed by atoms with Crippen LogP contribution in [0.15, 0.2) is 18.2 Å². The van der Waals surface area contributed by atoms with Crippen LogP contribution >= 0.6 is 23.2 Å². The summed E-state index contributed by atoms with van der Waals surface area (Å²) in [7, 11) is 0. The Hall–Kier alpha value is -0.280. The first kappa shape index (κ1) is 15.1. The highest BCUT2D eigenvalue weighted by molar-refractivity contribution is 6.42. The molecule has 1 saturated carbocycles. The summed E-state index contributed by atoms with van der Waals surface area (Å²) in [5, 5.41) is 1.28. The van der Waals surface area contributed by atoms with Crippen molar-refractivity contribution >= 4 is 23.2 Å². The second kappa shape index (κ2) is 6.94. The highest BCUT2D eigenvalue weighted by atomic mass is 35.5. The van der Waals surface area contributed by atoms with E-state index in [0.29, 0.717) is 16.0 Å². The van der Waals surface area contributed by atoms with Crippen LogP contribution in [-0.4, -0.2) is 6.04 Å². The number of nitrogens with one attached hydrogen (secondary N) is 1. The number of nitrogens with two attached hydrogens (primary N) is 1. The van der Waals surface area contributed by atoms with Gasteiger partial charge in [-0.1, -0.05) is 55.1 Å². The van der Waals surface area contributed by atoms with Gasteiger partial charge in [0.15, 0.2) is 0 Å². The molecular formula is C15H22Cl2N2. The lowest BCUT2D eigenvalue weighted by Gasteiger charge is -2.23. The average Bonchev–Trinajstić information content (AvgIpc) is 2.89. The molecule has 1 aromatic rings. The lowest BCUT2D eigenvalue weighted by atomic mass is 9.91. The highest BCUT2D eigenvalue weighted by Gasteiger charge is 2.29. The second-order valence-electron chi connectivity index (χ2n) is 5.54. The van der Waals surface area contributed by atoms with Crippen LogP contribution in [0, 0.1) is 11.8 Å². The SMILES string of the molecule is CCC1CCC(C(Cc2cccc(Cl)c2Cl)NN)C1. The number of benzene rings is 1. The Balaban J connectivity index is 2.05. The molecule has 0 bridgehead atoms. The Kier molecular flexibility index (Phi) is 5.52. The summed E-state index contributed by atoms with van der Waals surface area (Å²) in [4.78, 5) is 0. The van der Waals surface area contributed by atoms with Crippen molar-refractivity contribution < 1.29 is 0 Å². The van der Waals surface area contributed by atoms with Crippen LogP contribution in [0.3, 0.4) is 0 Å². The van der Waals surface area contributed by atoms with Crippen molar-refractivity contribution in [2.24, 2.45) is 17.7 Å². The van der Waals surface area contributed by atoms with E-state index in [1.54, 1.807) is 0 Å². The number of hydrazine groups is 1. The Bertz CT molecular complexity index is 423. The molecule has 2 nitrogen and oxygen atoms in total. The Morgan fingerprint density at radius 3 is 2.79 bits per heavy atom. The summed E-state index contributed by atoms with van der Waals surface area (Å²) in [6, 6.07) is 6.08. The smallest absolute Gasteiger partial charge is 0.0624 e. The molecule has 19 heavy (non-hydrogen) atoms. The van der Waals surface area contributed by atoms with Crippen molar-refractivity contribution in [1.82, 2.24) is 5.43 Å². The minimum atomic E-state index is 0.285. The molecule has 0 aliphatic heterocycles. The fraction of sp³-hybridized carbons (Fsp3) is 0.600. The first-order valence-corrected chi connectivity index (χ1v) is 7.80. The molecule has 3 unspecified atom stereocenters. The quantitative estimate of drug-likeness (QED) is 0.632. The van der Waals surface area contributed by atoms with Crippen LogP contribution in [0.25, 0.3) is 0 Å². The van der Waals surface area contributed by atoms with Crippen LogP contribution in [0.5, 0.6) is 0 Å². The molecule has 0 radical (unpaired) electrons. The largest absolute Gasteiger partial charge is 0.271 e. The monoisotopic (exact) mass is 300 g/mol. The third-order valence-electron chi connectivity index (χ3n) is 4.41. The standard InChI is InChI=1S/C15H22Cl2N2/c1-2-10-6-7-11(8-10)14(19-18)9-12-4-3-5-13(16)15(12)17/h3-5,10-11,14,19H,2,6-9,18H2,1H3. The fourth-order valence-electron chi connectivity index (χ4n) is 3.15. The highest BCUT2D eigenvalue weighted by Crippen LogP contribution is 2.36. The zero-order valence-corrected chi connectivity index (χ0v) is 12.8. The minimum Gasteiger partial charge on any atom is -0.271 e. The summed E-state index contributed by atoms with van der Waals surface area (Å²) >= 11 is 12.3. The van der Waals surface area contributed by atoms with E-state index in [1.807, 2.05) is 18.2 Å². The summed E-state index contributed by atoms with van der Waals surface area (Å²) in [5.74, 6) is 7.25. The Morgan fingerprint density at radius 2 is 2.16 bits per heavy atom. The molecule has 3 atom stereocenters. The van der Waals surface area contributed by atoms with Crippen molar-refractivity contribution in [3.63, 3.8) is 0 Å². The number of rotatable bonds is 5. The van der Waals surface area contributed by atoms with Gasteiger partial charge in [0.05, 0.1) is 10.0 Å². The molecule has 4 heteroatoms. The van der Waals surface area contributed by atoms with Crippen molar-refractivity contribution in [2.75, 3.05) is 0 Å². The summed E-state index contributed by atoms with van der Waals surface area (Å²) in [6.45, 7) is 2.27. The van der Waals surface area contributed by atoms with Gasteiger partial charge >= 0.3 is 0 Å². The summed E-state index contributed by atoms with van der Waals surface area (Å²) in [5.41, 5.74) is 4.06. The van der Waals surface area contributed by atoms with Crippen LogP contribution in [0.4, 0.5) is 0 Å². The molecule has 1 aromatic carbocycles. The van der Waals surface area contributed by atoms with Gasteiger partial charge < -0.3 is 0 Å². The molecule has 106 valence electrons. The third kappa shape index (κ3) is 3.63. The van der Waals surface area contributed by atoms with Crippen molar-refractivity contribution in [3.05, 3.63) is 33.8 Å². The fourth-order valence-corrected chi connectivity index (χ4v) is 3.55. The van der Waals surface area contributed by atoms with Crippen molar-refractivity contribution in [1.29, 1.82) is 0 Å². The van der Waals surface area contributed by atoms with E-state index in [1.165, 1.54) is 25.7 Å². The Labute approximate surface area is 125 Å². The van der Waals surface area contributed by atoms with Gasteiger partial charge in [-0.2, -0.15) is 0 Å². The lowest BCUT2D eigenvalue weighted by molar-refractivity contribution is 0.348. The number of halogens is 2. The second-order valence-corrected chi connectivity index (χ2v) is 6.32. The maximum Gasteiger partial charge on any atom is 0.0624 e. The van der Waals surface area contributed by atoms with E-state index < -0.39 is 0 Å². The molecule has 1 fully saturated rings. The van der Waals surface area contributed by atoms with E-state index >= 15 is 0 Å². The average molecular weight is 301 g/mol. The van der Waals surface area contributed by atoms with Crippen LogP contribution in [0.1, 0.15) is 38.2 Å². The first-order chi connectivity index (χ1) is 9.15. The molecule has 0 heterocycles. The lowest BCUT2D eigenvalue weighted by Crippen LogP contribution is -2.41. The van der Waals surface area contributed by atoms with E-state index in [-0.39, 0.29) is 6.04 Å². The van der Waals surface area contributed by atoms with E-state index in [9.17, 15) is 0 Å². The van der Waals surface area contributed by atoms with Gasteiger partial charge in [-0.25, -0.2) is 0 Å². The topological polar surface area (TPSA) is 38.0 Å². The first-order valence-electron chi connectivity index (χ1n) is 7.04. The van der Waals surface area contributed by atoms with Gasteiger partial charge in [0, 0.05) is 6.04 Å². The van der Waals surface area contributed by atoms with Crippen molar-refractivity contribution in [3.8, 4) is 0 Å². The molecule has 0 amide bonds. The van der Waals surface area contributed by atoms with Crippen LogP contribution in [-0.2, 0) is 6.42 Å². The van der Waals surface area contributed by atoms with E-state index in [4.69, 9.17) is 29.0 Å². The maximum absolute atomic E-state index is 6.26. The molecular weight excluding hydrogens is 279 g/mol. The molecule has 0 spiro atoms. The van der Waals surface area contributed by atoms with Gasteiger partial charge in [-0.05, 0) is 42.7 Å². The molecule has 1 aliphatic rings. The summed E-state index contributed by atoms with van der Waals surface area (Å²) in [6.07, 6.45) is 5.96. The van der Waals surface area contributed by atoms with E-state index in [2.05, 4.69) is 12.3 Å². The van der Waals surface area contributed by atoms with Crippen molar-refractivity contribution in [2.45, 2.75) is 45.1 Å². The normalized spacial score (nSPS) is 24.6. The van der Waals surface area contributed by atoms with Gasteiger partial charge in [-0.3, -0.25) is 11.3 Å². The van der Waals surface area contributed by atoms with E-state index in [0.717, 1.165) is 17.9 Å². The van der Waals surface area contributed by atoms with Gasteiger partial charge in [-0.15, -0.1) is 0 Å². The number of hydrogen-bond acceptors (Lipinski definition) is 2. The van der Waals surface area contributed by atoms with Gasteiger partial charge in [0.25, 0.3) is 0 Å². The molecule has 3 N–H and O–H groups in total. The zero-order chi connectivity index (χ0) is 13.8. The number of hydrogen-bond donors (Lipinski definition) is 2. The van der Waals surface area contributed by atoms with Gasteiger partial charge in [0.1, 0.15) is 0 Å². The zero-order valence-electron chi connectivity index (χ0n) is 11.3. The molecule has 2 rings (SSSR count). The van der Waals surface area contributed by atoms with Gasteiger partial charge in [0.2, 0.25) is 0 Å². The van der Waals surface area contributed by atoms with Crippen LogP contribution in [0.2, 0.25) is 10.0 Å². The predicted octanol–water partition coefficient (Wildman–Crippen LogP) is 4.19. The molecule has 1 aliphatic carbocycles. The Morgan fingerprint density at radius 1 is 1.37 bits per heavy atom.